The van der Waals surface area contributed by atoms with Crippen LogP contribution >= 0.6 is 0 Å². The third-order valence-corrected chi connectivity index (χ3v) is 24.0. The molecule has 10 heterocycles. The van der Waals surface area contributed by atoms with E-state index in [1.807, 2.05) is 0 Å². The first kappa shape index (κ1) is 107. The van der Waals surface area contributed by atoms with Crippen molar-refractivity contribution in [2.75, 3.05) is 66.1 Å². The molecule has 0 bridgehead atoms. The van der Waals surface area contributed by atoms with Crippen LogP contribution < -0.4 is 21.3 Å². The van der Waals surface area contributed by atoms with Crippen LogP contribution in [0, 0.1) is 5.92 Å². The van der Waals surface area contributed by atoms with Crippen LogP contribution in [0.3, 0.4) is 0 Å². The van der Waals surface area contributed by atoms with Crippen molar-refractivity contribution in [1.29, 1.82) is 0 Å². The van der Waals surface area contributed by atoms with Crippen molar-refractivity contribution < 1.29 is 257 Å². The summed E-state index contributed by atoms with van der Waals surface area (Å²) < 4.78 is 119. The van der Waals surface area contributed by atoms with Gasteiger partial charge in [0, 0.05) is 33.6 Å². The number of hydrogen-bond donors (Lipinski definition) is 31. The number of carbonyl (C=O) groups is 5. The molecule has 0 aromatic rings. The number of aliphatic hydroxyl groups excluding tert-OH is 27. The Bertz CT molecular complexity index is 3520. The third-order valence-electron chi connectivity index (χ3n) is 24.0. The van der Waals surface area contributed by atoms with Gasteiger partial charge in [0.1, 0.15) is 226 Å². The molecule has 0 saturated carbocycles. The number of rotatable bonds is 36. The molecule has 0 spiro atoms. The van der Waals surface area contributed by atoms with Crippen molar-refractivity contribution in [3.05, 3.63) is 0 Å². The summed E-state index contributed by atoms with van der Waals surface area (Å²) in [6.45, 7) is -4.84. The van der Waals surface area contributed by atoms with Crippen molar-refractivity contribution in [3.8, 4) is 0 Å². The SMILES string of the molecule is CC(=O)NC1C(O)[C@H](O[C@@H]2OC(CO)[C@H](O)[C@H](O)C2O)[C@@H](CO)O[C@@H]1OC1[C@H](OCC2O[C@@H](O[C@H]3C(CO)O[C@@H](O[C@H]4C(CO)O[C@@H](C)C(NC(C)=O)[C@H]4O)C(NC(C)=O)[C@H]3O)C(O)[C@@H](O[C@@H]3OC(CO)[C@H](O)C(O)C3O[C@@H]3OC(CO)[C@H](O[C@@H]4OC(CO)[C@H](O)[C@H](O[C@]5(OC=O)C[C@H](O)[C@@H](C)C([C@H](O)[C@@H](O)CO)O5)C4O)[C@H](O)C3NC(C)=O)[C@H]2O)OC(CO)[C@H](O)[C@@H]1O. The van der Waals surface area contributed by atoms with Gasteiger partial charge < -0.3 is 254 Å². The maximum atomic E-state index is 13.3. The highest BCUT2D eigenvalue weighted by Crippen LogP contribution is 2.44. The van der Waals surface area contributed by atoms with E-state index < -0.39 is 408 Å². The van der Waals surface area contributed by atoms with E-state index >= 15 is 0 Å². The Balaban J connectivity index is 0.973. The summed E-state index contributed by atoms with van der Waals surface area (Å²) in [6, 6.07) is -7.17. The summed E-state index contributed by atoms with van der Waals surface area (Å²) in [6.07, 6.45) is -94.8. The predicted octanol–water partition coefficient (Wildman–Crippen LogP) is -20.6. The molecule has 0 aromatic heterocycles. The van der Waals surface area contributed by atoms with Crippen LogP contribution in [0.4, 0.5) is 0 Å². The largest absolute Gasteiger partial charge is 0.410 e. The lowest BCUT2D eigenvalue weighted by molar-refractivity contribution is -0.448. The zero-order valence-electron chi connectivity index (χ0n) is 70.0. The summed E-state index contributed by atoms with van der Waals surface area (Å²) in [7, 11) is 0. The highest BCUT2D eigenvalue weighted by atomic mass is 16.9. The quantitative estimate of drug-likeness (QED) is 0.0205. The maximum absolute atomic E-state index is 13.3. The number of nitrogens with one attached hydrogen (secondary N) is 4. The number of carbonyl (C=O) groups excluding carboxylic acids is 5. The zero-order chi connectivity index (χ0) is 95.1. The normalized spacial score (nSPS) is 48.1. The first-order chi connectivity index (χ1) is 61.0. The number of aliphatic hydroxyl groups is 27. The molecule has 0 aliphatic carbocycles. The zero-order valence-corrected chi connectivity index (χ0v) is 70.0. The van der Waals surface area contributed by atoms with E-state index in [1.165, 1.54) is 13.8 Å². The lowest BCUT2D eigenvalue weighted by Gasteiger charge is -2.51. The van der Waals surface area contributed by atoms with E-state index in [4.69, 9.17) is 94.7 Å². The summed E-state index contributed by atoms with van der Waals surface area (Å²) in [5.41, 5.74) is 0. The van der Waals surface area contributed by atoms with Crippen molar-refractivity contribution in [2.24, 2.45) is 5.92 Å². The summed E-state index contributed by atoms with van der Waals surface area (Å²) in [4.78, 5) is 63.8. The molecule has 56 heteroatoms. The van der Waals surface area contributed by atoms with Gasteiger partial charge in [0.25, 0.3) is 6.47 Å². The molecular formula is C73H122N4O52. The van der Waals surface area contributed by atoms with Crippen LogP contribution in [-0.2, 0) is 119 Å². The minimum Gasteiger partial charge on any atom is -0.410 e. The molecule has 31 N–H and O–H groups in total. The first-order valence-electron chi connectivity index (χ1n) is 41.4. The number of amides is 4. The molecule has 56 nitrogen and oxygen atoms in total. The van der Waals surface area contributed by atoms with Crippen LogP contribution in [0.25, 0.3) is 0 Å². The predicted molar refractivity (Wildman–Crippen MR) is 399 cm³/mol. The van der Waals surface area contributed by atoms with Crippen LogP contribution in [0.2, 0.25) is 0 Å². The topological polar surface area (TPSA) is 864 Å². The fraction of sp³-hybridized carbons (Fsp3) is 0.932. The fourth-order valence-corrected chi connectivity index (χ4v) is 17.0. The van der Waals surface area contributed by atoms with Gasteiger partial charge >= 0.3 is 5.97 Å². The molecule has 0 aromatic carbocycles. The second-order valence-corrected chi connectivity index (χ2v) is 32.9. The number of hydrogen-bond acceptors (Lipinski definition) is 52. The minimum absolute atomic E-state index is 0.259. The lowest BCUT2D eigenvalue weighted by atomic mass is 9.87. The highest BCUT2D eigenvalue weighted by molar-refractivity contribution is 5.74. The van der Waals surface area contributed by atoms with Gasteiger partial charge in [-0.2, -0.15) is 0 Å². The molecule has 10 rings (SSSR count). The molecule has 10 aliphatic rings. The van der Waals surface area contributed by atoms with E-state index in [0.29, 0.717) is 0 Å². The monoisotopic (exact) mass is 1890 g/mol. The Kier molecular flexibility index (Phi) is 38.5. The summed E-state index contributed by atoms with van der Waals surface area (Å²) in [5, 5.41) is 313. The smallest absolute Gasteiger partial charge is 0.332 e. The maximum Gasteiger partial charge on any atom is 0.332 e. The molecule has 0 radical (unpaired) electrons. The average molecular weight is 1890 g/mol. The molecular weight excluding hydrogens is 1760 g/mol. The van der Waals surface area contributed by atoms with Gasteiger partial charge in [-0.15, -0.1) is 0 Å². The first-order valence-corrected chi connectivity index (χ1v) is 41.4. The molecule has 129 heavy (non-hydrogen) atoms. The molecule has 10 aliphatic heterocycles. The second-order valence-electron chi connectivity index (χ2n) is 32.9. The van der Waals surface area contributed by atoms with Crippen molar-refractivity contribution in [3.63, 3.8) is 0 Å². The summed E-state index contributed by atoms with van der Waals surface area (Å²) >= 11 is 0. The lowest BCUT2D eigenvalue weighted by Crippen LogP contribution is -2.71. The van der Waals surface area contributed by atoms with Gasteiger partial charge in [0.2, 0.25) is 23.6 Å². The van der Waals surface area contributed by atoms with Crippen LogP contribution in [0.15, 0.2) is 0 Å². The second kappa shape index (κ2) is 46.6. The highest BCUT2D eigenvalue weighted by Gasteiger charge is 2.63. The van der Waals surface area contributed by atoms with E-state index in [1.54, 1.807) is 0 Å². The molecule has 10 fully saturated rings. The van der Waals surface area contributed by atoms with Crippen LogP contribution in [0.5, 0.6) is 0 Å². The Morgan fingerprint density at radius 3 is 1.08 bits per heavy atom. The van der Waals surface area contributed by atoms with Crippen molar-refractivity contribution >= 4 is 30.1 Å². The van der Waals surface area contributed by atoms with Crippen LogP contribution in [0.1, 0.15) is 48.0 Å². The van der Waals surface area contributed by atoms with Gasteiger partial charge in [-0.25, -0.2) is 0 Å². The molecule has 10 saturated heterocycles. The molecule has 4 amide bonds. The van der Waals surface area contributed by atoms with E-state index in [9.17, 15) is 162 Å². The van der Waals surface area contributed by atoms with Crippen LogP contribution in [-0.4, -0.2) is 540 Å². The van der Waals surface area contributed by atoms with E-state index in [-0.39, 0.29) is 6.47 Å². The average Bonchev–Trinajstić information content (AvgIpc) is 0.760. The molecule has 51 atom stereocenters. The Hall–Kier alpha value is -4.49. The van der Waals surface area contributed by atoms with Gasteiger partial charge in [-0.3, -0.25) is 24.0 Å². The Labute approximate surface area is 732 Å². The molecule has 20 unspecified atom stereocenters. The Morgan fingerprint density at radius 1 is 0.349 bits per heavy atom. The summed E-state index contributed by atoms with van der Waals surface area (Å²) in [5.74, 6) is -7.59. The minimum atomic E-state index is -2.90. The van der Waals surface area contributed by atoms with E-state index in [2.05, 4.69) is 21.3 Å². The van der Waals surface area contributed by atoms with Gasteiger partial charge in [-0.05, 0) is 6.92 Å². The fourth-order valence-electron chi connectivity index (χ4n) is 17.0. The van der Waals surface area contributed by atoms with Crippen molar-refractivity contribution in [1.82, 2.24) is 21.3 Å². The molecule has 746 valence electrons. The van der Waals surface area contributed by atoms with Gasteiger partial charge in [-0.1, -0.05) is 6.92 Å². The van der Waals surface area contributed by atoms with Gasteiger partial charge in [0.15, 0.2) is 50.3 Å². The van der Waals surface area contributed by atoms with E-state index in [0.717, 1.165) is 27.7 Å². The van der Waals surface area contributed by atoms with Crippen molar-refractivity contribution in [2.45, 2.75) is 354 Å². The number of ether oxygens (including phenoxy) is 20. The Morgan fingerprint density at radius 2 is 0.667 bits per heavy atom. The van der Waals surface area contributed by atoms with Gasteiger partial charge in [0.05, 0.1) is 96.8 Å². The third kappa shape index (κ3) is 23.7. The standard InChI is InChI=1S/C73H122N4O52/c1-19-25(92)7-73(111-18-87,128-56(19)40(94)26(93)8-78)129-62-44(98)30(12-82)114-70(55(62)109)124-60-34(16-86)119-67(39(49(60)103)77-24(6)91)127-64-52(106)43(97)29(11-81)116-72(64)125-61-45(99)35(120-69(54(61)108)123-59-33(15-85)117-65(37(47(59)101)75-22(4)89)121-57-31(13-83)112-20(2)36(46(57)100)74-21(3)88)17-110-71-63(51(105)42(96)28(10-80)115-71)126-66-38(76-23(5)90)48(102)58(32(14-84)118-66)122-68-53(107)50(104)41(95)27(9-79)113-68/h18-20,25-72,78-86,92-109H,7-17H2,1-6H3,(H,74,88)(H,75,89)(H,76,90)(H,77,91)/t19-,20+,25+,26+,27?,28?,29?,30?,31?,32-,33?,34?,35?,36?,37?,38?,39?,40-,41+,42+,43+,44+,45+,46-,47-,48?,49-,50+,51+,52?,53?,54?,55?,56?,57+,58-,59+,60+,61+,62+,63?,64?,65+,66-,67+,68+,69+,70+,71-,72+,73+/m1/s1.